The Balaban J connectivity index is 1.52. The molecular weight excluding hydrogens is 344 g/mol. The van der Waals surface area contributed by atoms with E-state index in [0.717, 1.165) is 33.4 Å². The van der Waals surface area contributed by atoms with E-state index < -0.39 is 0 Å². The number of nitrogens with one attached hydrogen (secondary N) is 1. The van der Waals surface area contributed by atoms with E-state index in [0.29, 0.717) is 13.0 Å². The molecule has 3 rings (SSSR count). The second kappa shape index (κ2) is 8.67. The summed E-state index contributed by atoms with van der Waals surface area (Å²) in [5.74, 6) is 0.805. The Bertz CT molecular complexity index is 877. The van der Waals surface area contributed by atoms with Crippen molar-refractivity contribution in [2.75, 3.05) is 5.32 Å². The van der Waals surface area contributed by atoms with Crippen LogP contribution in [0.2, 0.25) is 0 Å². The molecule has 134 valence electrons. The van der Waals surface area contributed by atoms with Crippen LogP contribution in [-0.2, 0) is 17.1 Å². The third-order valence-electron chi connectivity index (χ3n) is 3.89. The minimum atomic E-state index is -0.00733. The summed E-state index contributed by atoms with van der Waals surface area (Å²) in [6.45, 7) is 4.54. The molecular formula is C20H22N4OS. The maximum absolute atomic E-state index is 12.2. The van der Waals surface area contributed by atoms with Gasteiger partial charge in [0.2, 0.25) is 5.91 Å². The summed E-state index contributed by atoms with van der Waals surface area (Å²) in [6.07, 6.45) is 2.19. The van der Waals surface area contributed by atoms with E-state index in [-0.39, 0.29) is 5.91 Å². The van der Waals surface area contributed by atoms with Crippen molar-refractivity contribution in [2.24, 2.45) is 0 Å². The fraction of sp³-hybridized carbons (Fsp3) is 0.250. The molecule has 0 saturated heterocycles. The number of benzene rings is 1. The molecule has 0 atom stereocenters. The molecule has 1 N–H and O–H groups in total. The normalized spacial score (nSPS) is 10.7. The number of hydrogen-bond donors (Lipinski definition) is 1. The lowest BCUT2D eigenvalue weighted by atomic mass is 10.2. The van der Waals surface area contributed by atoms with Gasteiger partial charge in [0.1, 0.15) is 0 Å². The van der Waals surface area contributed by atoms with Gasteiger partial charge in [0.05, 0.1) is 10.7 Å². The van der Waals surface area contributed by atoms with Gasteiger partial charge in [-0.2, -0.15) is 5.10 Å². The topological polar surface area (TPSA) is 59.8 Å². The van der Waals surface area contributed by atoms with Crippen LogP contribution < -0.4 is 5.32 Å². The number of hydrogen-bond acceptors (Lipinski definition) is 4. The Morgan fingerprint density at radius 2 is 2.04 bits per heavy atom. The van der Waals surface area contributed by atoms with E-state index >= 15 is 0 Å². The molecule has 26 heavy (non-hydrogen) atoms. The largest absolute Gasteiger partial charge is 0.326 e. The van der Waals surface area contributed by atoms with E-state index in [1.54, 1.807) is 18.0 Å². The van der Waals surface area contributed by atoms with E-state index in [1.165, 1.54) is 0 Å². The number of nitrogens with zero attached hydrogens (tertiary/aromatic N) is 3. The minimum absolute atomic E-state index is 0.00733. The molecule has 3 aromatic rings. The zero-order valence-corrected chi connectivity index (χ0v) is 15.8. The maximum atomic E-state index is 12.2. The van der Waals surface area contributed by atoms with Crippen LogP contribution in [0.5, 0.6) is 0 Å². The molecule has 0 saturated carbocycles. The first-order valence-electron chi connectivity index (χ1n) is 8.54. The summed E-state index contributed by atoms with van der Waals surface area (Å²) in [5.41, 5.74) is 4.02. The van der Waals surface area contributed by atoms with Crippen LogP contribution in [0.1, 0.15) is 23.4 Å². The predicted octanol–water partition coefficient (Wildman–Crippen LogP) is 4.22. The van der Waals surface area contributed by atoms with Gasteiger partial charge in [-0.3, -0.25) is 9.48 Å². The fourth-order valence-corrected chi connectivity index (χ4v) is 3.47. The number of aromatic nitrogens is 3. The van der Waals surface area contributed by atoms with Crippen molar-refractivity contribution in [2.45, 2.75) is 37.6 Å². The Kier molecular flexibility index (Phi) is 6.07. The molecule has 2 aromatic heterocycles. The number of aryl methyl sites for hydroxylation is 3. The molecule has 0 spiro atoms. The Morgan fingerprint density at radius 1 is 1.15 bits per heavy atom. The Labute approximate surface area is 157 Å². The predicted molar refractivity (Wildman–Crippen MR) is 105 cm³/mol. The zero-order valence-electron chi connectivity index (χ0n) is 15.0. The highest BCUT2D eigenvalue weighted by atomic mass is 32.2. The standard InChI is InChI=1S/C20H22N4OS/c1-15-12-16(2)24(23-15)11-9-19(25)22-18-7-5-6-17(13-18)14-26-20-8-3-4-10-21-20/h3-8,10,12-13H,9,11,14H2,1-2H3,(H,22,25). The molecule has 1 amide bonds. The van der Waals surface area contributed by atoms with Gasteiger partial charge in [0.25, 0.3) is 0 Å². The number of amides is 1. The average molecular weight is 366 g/mol. The third kappa shape index (κ3) is 5.20. The summed E-state index contributed by atoms with van der Waals surface area (Å²) >= 11 is 1.68. The highest BCUT2D eigenvalue weighted by Crippen LogP contribution is 2.22. The Hall–Kier alpha value is -2.60. The molecule has 2 heterocycles. The number of carbonyl (C=O) groups excluding carboxylic acids is 1. The molecule has 5 nitrogen and oxygen atoms in total. The lowest BCUT2D eigenvalue weighted by Gasteiger charge is -2.08. The lowest BCUT2D eigenvalue weighted by molar-refractivity contribution is -0.116. The smallest absolute Gasteiger partial charge is 0.226 e. The highest BCUT2D eigenvalue weighted by Gasteiger charge is 2.07. The van der Waals surface area contributed by atoms with Crippen molar-refractivity contribution in [1.82, 2.24) is 14.8 Å². The summed E-state index contributed by atoms with van der Waals surface area (Å²) in [6, 6.07) is 15.8. The van der Waals surface area contributed by atoms with Gasteiger partial charge in [0.15, 0.2) is 0 Å². The molecule has 1 aromatic carbocycles. The van der Waals surface area contributed by atoms with Gasteiger partial charge in [-0.05, 0) is 49.7 Å². The van der Waals surface area contributed by atoms with Crippen molar-refractivity contribution >= 4 is 23.4 Å². The first kappa shape index (κ1) is 18.2. The van der Waals surface area contributed by atoms with E-state index in [2.05, 4.69) is 21.5 Å². The van der Waals surface area contributed by atoms with Crippen LogP contribution in [0, 0.1) is 13.8 Å². The highest BCUT2D eigenvalue weighted by molar-refractivity contribution is 7.98. The van der Waals surface area contributed by atoms with Crippen LogP contribution >= 0.6 is 11.8 Å². The van der Waals surface area contributed by atoms with E-state index in [9.17, 15) is 4.79 Å². The fourth-order valence-electron chi connectivity index (χ4n) is 2.66. The van der Waals surface area contributed by atoms with Crippen molar-refractivity contribution in [3.63, 3.8) is 0 Å². The number of thioether (sulfide) groups is 1. The third-order valence-corrected chi connectivity index (χ3v) is 4.90. The number of anilines is 1. The van der Waals surface area contributed by atoms with Gasteiger partial charge in [-0.25, -0.2) is 4.98 Å². The molecule has 0 fully saturated rings. The monoisotopic (exact) mass is 366 g/mol. The van der Waals surface area contributed by atoms with Gasteiger partial charge in [-0.15, -0.1) is 11.8 Å². The molecule has 0 bridgehead atoms. The van der Waals surface area contributed by atoms with E-state index in [1.807, 2.05) is 61.0 Å². The first-order chi connectivity index (χ1) is 12.6. The Morgan fingerprint density at radius 3 is 2.77 bits per heavy atom. The van der Waals surface area contributed by atoms with Gasteiger partial charge in [0, 0.05) is 36.3 Å². The first-order valence-corrected chi connectivity index (χ1v) is 9.52. The summed E-state index contributed by atoms with van der Waals surface area (Å²) in [4.78, 5) is 16.5. The SMILES string of the molecule is Cc1cc(C)n(CCC(=O)Nc2cccc(CSc3ccccn3)c2)n1. The number of pyridine rings is 1. The second-order valence-electron chi connectivity index (χ2n) is 6.11. The van der Waals surface area contributed by atoms with Crippen LogP contribution in [0.4, 0.5) is 5.69 Å². The quantitative estimate of drug-likeness (QED) is 0.636. The molecule has 0 unspecified atom stereocenters. The van der Waals surface area contributed by atoms with Crippen molar-refractivity contribution in [3.8, 4) is 0 Å². The summed E-state index contributed by atoms with van der Waals surface area (Å²) in [5, 5.41) is 8.35. The second-order valence-corrected chi connectivity index (χ2v) is 7.10. The molecule has 6 heteroatoms. The summed E-state index contributed by atoms with van der Waals surface area (Å²) < 4.78 is 1.87. The van der Waals surface area contributed by atoms with Gasteiger partial charge >= 0.3 is 0 Å². The van der Waals surface area contributed by atoms with Crippen molar-refractivity contribution < 1.29 is 4.79 Å². The average Bonchev–Trinajstić information content (AvgIpc) is 2.97. The molecule has 0 aliphatic heterocycles. The zero-order chi connectivity index (χ0) is 18.4. The van der Waals surface area contributed by atoms with Crippen LogP contribution in [0.15, 0.2) is 59.8 Å². The molecule has 0 aliphatic rings. The van der Waals surface area contributed by atoms with Crippen LogP contribution in [-0.4, -0.2) is 20.7 Å². The van der Waals surface area contributed by atoms with Crippen molar-refractivity contribution in [3.05, 3.63) is 71.7 Å². The molecule has 0 aliphatic carbocycles. The van der Waals surface area contributed by atoms with Crippen LogP contribution in [0.3, 0.4) is 0 Å². The number of carbonyl (C=O) groups is 1. The minimum Gasteiger partial charge on any atom is -0.326 e. The number of rotatable bonds is 7. The summed E-state index contributed by atoms with van der Waals surface area (Å²) in [7, 11) is 0. The van der Waals surface area contributed by atoms with Crippen molar-refractivity contribution in [1.29, 1.82) is 0 Å². The van der Waals surface area contributed by atoms with Crippen LogP contribution in [0.25, 0.3) is 0 Å². The van der Waals surface area contributed by atoms with Gasteiger partial charge < -0.3 is 5.32 Å². The molecule has 0 radical (unpaired) electrons. The maximum Gasteiger partial charge on any atom is 0.226 e. The van der Waals surface area contributed by atoms with E-state index in [4.69, 9.17) is 0 Å². The lowest BCUT2D eigenvalue weighted by Crippen LogP contribution is -2.15. The van der Waals surface area contributed by atoms with Gasteiger partial charge in [-0.1, -0.05) is 18.2 Å².